The second kappa shape index (κ2) is 37.9. The van der Waals surface area contributed by atoms with Crippen molar-refractivity contribution in [3.05, 3.63) is 72.9 Å². The lowest BCUT2D eigenvalue weighted by Gasteiger charge is -2.20. The molecule has 0 saturated carbocycles. The summed E-state index contributed by atoms with van der Waals surface area (Å²) in [6.07, 6.45) is 37.7. The maximum absolute atomic E-state index is 12.6. The van der Waals surface area contributed by atoms with Gasteiger partial charge in [-0.2, -0.15) is 0 Å². The van der Waals surface area contributed by atoms with E-state index in [0.29, 0.717) is 19.3 Å². The highest BCUT2D eigenvalue weighted by molar-refractivity contribution is 7.47. The summed E-state index contributed by atoms with van der Waals surface area (Å²) in [5, 5.41) is 28.5. The zero-order valence-corrected chi connectivity index (χ0v) is 35.5. The van der Waals surface area contributed by atoms with Crippen LogP contribution in [-0.4, -0.2) is 76.9 Å². The zero-order chi connectivity index (χ0) is 41.5. The van der Waals surface area contributed by atoms with Crippen LogP contribution in [0, 0.1) is 5.92 Å². The van der Waals surface area contributed by atoms with Gasteiger partial charge in [-0.1, -0.05) is 158 Å². The summed E-state index contributed by atoms with van der Waals surface area (Å²) in [5.41, 5.74) is 0. The highest BCUT2D eigenvalue weighted by Gasteiger charge is 2.27. The number of phosphoric acid groups is 1. The molecule has 56 heavy (non-hydrogen) atoms. The van der Waals surface area contributed by atoms with E-state index in [1.54, 1.807) is 24.3 Å². The van der Waals surface area contributed by atoms with Crippen LogP contribution < -0.4 is 0 Å². The van der Waals surface area contributed by atoms with Crippen molar-refractivity contribution in [3.63, 3.8) is 0 Å². The maximum atomic E-state index is 12.6. The van der Waals surface area contributed by atoms with Gasteiger partial charge < -0.3 is 29.7 Å². The van der Waals surface area contributed by atoms with Gasteiger partial charge in [-0.25, -0.2) is 4.57 Å². The number of hydrogen-bond donors (Lipinski definition) is 4. The fraction of sp³-hybridized carbons (Fsp3) is 0.682. The Labute approximate surface area is 338 Å². The zero-order valence-electron chi connectivity index (χ0n) is 34.6. The third kappa shape index (κ3) is 38.3. The number of carbonyl (C=O) groups excluding carboxylic acids is 2. The molecule has 0 aliphatic heterocycles. The SMILES string of the molecule is CC/C=C\C/C=C\C/C=C\C/C=C\C=C/C(O)C/C=C\CCC(=O)OC[C@H](COP(=O)(O)OC[C@@H](O)CO)OC(=O)CCCCCCCCCCCCC(C)C. The summed E-state index contributed by atoms with van der Waals surface area (Å²) in [6.45, 7) is 4.34. The van der Waals surface area contributed by atoms with Crippen molar-refractivity contribution >= 4 is 19.8 Å². The summed E-state index contributed by atoms with van der Waals surface area (Å²) >= 11 is 0. The average molecular weight is 811 g/mol. The molecule has 322 valence electrons. The van der Waals surface area contributed by atoms with Crippen LogP contribution in [-0.2, 0) is 32.7 Å². The standard InChI is InChI=1S/C44H75O11P/c1-4-5-6-7-8-9-10-11-12-16-19-22-26-31-40(46)32-27-24-29-33-43(48)52-37-42(38-54-56(50,51)53-36-41(47)35-45)55-44(49)34-28-23-20-17-14-13-15-18-21-25-30-39(2)3/h5-6,8-9,11-12,19,22,24,26-27,31,39-42,45-47H,4,7,10,13-18,20-21,23,25,28-30,32-38H2,1-3H3,(H,50,51)/b6-5-,9-8-,12-11-,22-19-,27-24-,31-26-/t40?,41-,42+/m0/s1. The number of esters is 2. The van der Waals surface area contributed by atoms with Gasteiger partial charge in [-0.3, -0.25) is 18.6 Å². The van der Waals surface area contributed by atoms with Crippen molar-refractivity contribution in [1.82, 2.24) is 0 Å². The lowest BCUT2D eigenvalue weighted by atomic mass is 10.0. The van der Waals surface area contributed by atoms with E-state index in [1.165, 1.54) is 44.9 Å². The van der Waals surface area contributed by atoms with Gasteiger partial charge >= 0.3 is 19.8 Å². The number of unbranched alkanes of at least 4 members (excludes halogenated alkanes) is 9. The monoisotopic (exact) mass is 811 g/mol. The maximum Gasteiger partial charge on any atom is 0.472 e. The van der Waals surface area contributed by atoms with Crippen LogP contribution >= 0.6 is 7.82 Å². The summed E-state index contributed by atoms with van der Waals surface area (Å²) in [6, 6.07) is 0. The minimum atomic E-state index is -4.66. The van der Waals surface area contributed by atoms with E-state index in [9.17, 15) is 29.3 Å². The third-order valence-electron chi connectivity index (χ3n) is 8.40. The molecule has 12 heteroatoms. The molecule has 0 radical (unpaired) electrons. The Kier molecular flexibility index (Phi) is 36.1. The van der Waals surface area contributed by atoms with E-state index in [-0.39, 0.29) is 12.8 Å². The first kappa shape index (κ1) is 53.4. The van der Waals surface area contributed by atoms with Gasteiger partial charge in [0.15, 0.2) is 6.10 Å². The quantitative estimate of drug-likeness (QED) is 0.0155. The lowest BCUT2D eigenvalue weighted by Crippen LogP contribution is -2.29. The molecule has 0 aromatic rings. The van der Waals surface area contributed by atoms with Gasteiger partial charge in [-0.15, -0.1) is 0 Å². The number of carbonyl (C=O) groups is 2. The molecule has 0 heterocycles. The molecule has 0 spiro atoms. The Bertz CT molecular complexity index is 1190. The van der Waals surface area contributed by atoms with Crippen LogP contribution in [0.3, 0.4) is 0 Å². The minimum absolute atomic E-state index is 0.0324. The van der Waals surface area contributed by atoms with Crippen molar-refractivity contribution < 1.29 is 52.9 Å². The second-order valence-electron chi connectivity index (χ2n) is 14.3. The van der Waals surface area contributed by atoms with Crippen molar-refractivity contribution in [2.45, 2.75) is 161 Å². The Morgan fingerprint density at radius 2 is 1.23 bits per heavy atom. The summed E-state index contributed by atoms with van der Waals surface area (Å²) < 4.78 is 32.5. The van der Waals surface area contributed by atoms with Crippen molar-refractivity contribution in [1.29, 1.82) is 0 Å². The largest absolute Gasteiger partial charge is 0.472 e. The predicted octanol–water partition coefficient (Wildman–Crippen LogP) is 9.71. The first-order valence-electron chi connectivity index (χ1n) is 20.9. The van der Waals surface area contributed by atoms with Crippen LogP contribution in [0.15, 0.2) is 72.9 Å². The molecule has 11 nitrogen and oxygen atoms in total. The number of aliphatic hydroxyl groups is 3. The van der Waals surface area contributed by atoms with Crippen LogP contribution in [0.5, 0.6) is 0 Å². The average Bonchev–Trinajstić information content (AvgIpc) is 3.16. The minimum Gasteiger partial charge on any atom is -0.462 e. The van der Waals surface area contributed by atoms with Gasteiger partial charge in [0, 0.05) is 12.8 Å². The molecule has 2 unspecified atom stereocenters. The van der Waals surface area contributed by atoms with Crippen molar-refractivity contribution in [2.75, 3.05) is 26.4 Å². The third-order valence-corrected chi connectivity index (χ3v) is 9.35. The van der Waals surface area contributed by atoms with E-state index >= 15 is 0 Å². The Morgan fingerprint density at radius 3 is 1.84 bits per heavy atom. The van der Waals surface area contributed by atoms with E-state index in [2.05, 4.69) is 61.8 Å². The molecule has 4 N–H and O–H groups in total. The van der Waals surface area contributed by atoms with E-state index in [1.807, 2.05) is 12.2 Å². The summed E-state index contributed by atoms with van der Waals surface area (Å²) in [5.74, 6) is -0.340. The lowest BCUT2D eigenvalue weighted by molar-refractivity contribution is -0.161. The van der Waals surface area contributed by atoms with Crippen LogP contribution in [0.1, 0.15) is 143 Å². The van der Waals surface area contributed by atoms with Gasteiger partial charge in [0.05, 0.1) is 25.9 Å². The summed E-state index contributed by atoms with van der Waals surface area (Å²) in [4.78, 5) is 34.9. The molecule has 0 aromatic heterocycles. The first-order chi connectivity index (χ1) is 27.0. The second-order valence-corrected chi connectivity index (χ2v) is 15.8. The highest BCUT2D eigenvalue weighted by Crippen LogP contribution is 2.43. The van der Waals surface area contributed by atoms with Crippen LogP contribution in [0.4, 0.5) is 0 Å². The van der Waals surface area contributed by atoms with Gasteiger partial charge in [-0.05, 0) is 50.9 Å². The Balaban J connectivity index is 4.54. The van der Waals surface area contributed by atoms with E-state index in [0.717, 1.165) is 50.9 Å². The number of allylic oxidation sites excluding steroid dienone is 10. The number of rotatable bonds is 37. The smallest absolute Gasteiger partial charge is 0.462 e. The molecule has 4 atom stereocenters. The van der Waals surface area contributed by atoms with Crippen molar-refractivity contribution in [2.24, 2.45) is 5.92 Å². The normalized spacial score (nSPS) is 15.3. The topological polar surface area (TPSA) is 169 Å². The summed E-state index contributed by atoms with van der Waals surface area (Å²) in [7, 11) is -4.66. The molecule has 0 amide bonds. The number of ether oxygens (including phenoxy) is 2. The van der Waals surface area contributed by atoms with Crippen LogP contribution in [0.25, 0.3) is 0 Å². The van der Waals surface area contributed by atoms with Crippen LogP contribution in [0.2, 0.25) is 0 Å². The predicted molar refractivity (Wildman–Crippen MR) is 225 cm³/mol. The van der Waals surface area contributed by atoms with Gasteiger partial charge in [0.2, 0.25) is 0 Å². The van der Waals surface area contributed by atoms with Gasteiger partial charge in [0.1, 0.15) is 12.7 Å². The molecule has 0 aromatic carbocycles. The fourth-order valence-electron chi connectivity index (χ4n) is 5.17. The molecule has 0 bridgehead atoms. The van der Waals surface area contributed by atoms with Gasteiger partial charge in [0.25, 0.3) is 0 Å². The molecule has 0 aliphatic rings. The van der Waals surface area contributed by atoms with Crippen molar-refractivity contribution in [3.8, 4) is 0 Å². The Hall–Kier alpha value is -2.63. The number of aliphatic hydroxyl groups excluding tert-OH is 3. The first-order valence-corrected chi connectivity index (χ1v) is 22.4. The molecule has 0 aliphatic carbocycles. The highest BCUT2D eigenvalue weighted by atomic mass is 31.2. The fourth-order valence-corrected chi connectivity index (χ4v) is 5.96. The number of hydrogen-bond acceptors (Lipinski definition) is 10. The molecule has 0 saturated heterocycles. The molecule has 0 rings (SSSR count). The van der Waals surface area contributed by atoms with E-state index in [4.69, 9.17) is 19.1 Å². The molecular weight excluding hydrogens is 735 g/mol. The van der Waals surface area contributed by atoms with E-state index < -0.39 is 64.5 Å². The molecule has 0 fully saturated rings. The number of phosphoric ester groups is 1. The molecular formula is C44H75O11P. The Morgan fingerprint density at radius 1 is 0.661 bits per heavy atom.